The van der Waals surface area contributed by atoms with Gasteiger partial charge in [0.05, 0.1) is 6.04 Å². The number of nitrogens with one attached hydrogen (secondary N) is 1. The van der Waals surface area contributed by atoms with Gasteiger partial charge in [0.1, 0.15) is 0 Å². The first-order chi connectivity index (χ1) is 6.83. The van der Waals surface area contributed by atoms with E-state index in [1.807, 2.05) is 18.2 Å². The summed E-state index contributed by atoms with van der Waals surface area (Å²) in [6.45, 7) is 1.22. The average molecular weight is 190 g/mol. The van der Waals surface area contributed by atoms with Gasteiger partial charge in [-0.25, -0.2) is 0 Å². The van der Waals surface area contributed by atoms with E-state index in [0.29, 0.717) is 13.0 Å². The van der Waals surface area contributed by atoms with E-state index >= 15 is 0 Å². The molecule has 1 atom stereocenters. The van der Waals surface area contributed by atoms with Crippen molar-refractivity contribution in [2.24, 2.45) is 5.73 Å². The minimum Gasteiger partial charge on any atom is -0.330 e. The van der Waals surface area contributed by atoms with Gasteiger partial charge in [-0.15, -0.1) is 0 Å². The summed E-state index contributed by atoms with van der Waals surface area (Å²) in [5, 5.41) is 3.20. The Morgan fingerprint density at radius 2 is 2.29 bits per heavy atom. The smallest absolute Gasteiger partial charge is 0.155 e. The standard InChI is InChI=1S/C11H14N2O/c12-6-5-10(14)11-9-4-2-1-3-8(9)7-13-11/h1-4,11,13H,5-7,12H2. The number of carbonyl (C=O) groups is 1. The number of benzene rings is 1. The van der Waals surface area contributed by atoms with Gasteiger partial charge in [0.2, 0.25) is 0 Å². The first-order valence-electron chi connectivity index (χ1n) is 4.87. The predicted molar refractivity (Wildman–Crippen MR) is 54.7 cm³/mol. The van der Waals surface area contributed by atoms with Crippen molar-refractivity contribution in [3.8, 4) is 0 Å². The van der Waals surface area contributed by atoms with E-state index in [9.17, 15) is 4.79 Å². The third-order valence-electron chi connectivity index (χ3n) is 2.58. The molecule has 14 heavy (non-hydrogen) atoms. The summed E-state index contributed by atoms with van der Waals surface area (Å²) in [6.07, 6.45) is 0.450. The molecule has 74 valence electrons. The molecular weight excluding hydrogens is 176 g/mol. The molecule has 2 rings (SSSR count). The summed E-state index contributed by atoms with van der Waals surface area (Å²) in [5.74, 6) is 0.192. The third-order valence-corrected chi connectivity index (χ3v) is 2.58. The second-order valence-corrected chi connectivity index (χ2v) is 3.52. The highest BCUT2D eigenvalue weighted by molar-refractivity contribution is 5.86. The van der Waals surface area contributed by atoms with Crippen LogP contribution in [0.3, 0.4) is 0 Å². The van der Waals surface area contributed by atoms with Gasteiger partial charge in [0.25, 0.3) is 0 Å². The van der Waals surface area contributed by atoms with Gasteiger partial charge in [-0.2, -0.15) is 0 Å². The molecule has 1 aromatic rings. The van der Waals surface area contributed by atoms with E-state index in [-0.39, 0.29) is 11.8 Å². The van der Waals surface area contributed by atoms with E-state index in [4.69, 9.17) is 5.73 Å². The van der Waals surface area contributed by atoms with Crippen LogP contribution in [0.2, 0.25) is 0 Å². The molecule has 0 spiro atoms. The molecule has 1 aromatic carbocycles. The zero-order chi connectivity index (χ0) is 9.97. The molecule has 0 saturated carbocycles. The lowest BCUT2D eigenvalue weighted by molar-refractivity contribution is -0.120. The maximum Gasteiger partial charge on any atom is 0.155 e. The fraction of sp³-hybridized carbons (Fsp3) is 0.364. The van der Waals surface area contributed by atoms with Gasteiger partial charge in [0, 0.05) is 13.0 Å². The molecular formula is C11H14N2O. The molecule has 1 heterocycles. The van der Waals surface area contributed by atoms with E-state index in [1.165, 1.54) is 5.56 Å². The van der Waals surface area contributed by atoms with Crippen LogP contribution in [0.1, 0.15) is 23.6 Å². The van der Waals surface area contributed by atoms with E-state index < -0.39 is 0 Å². The first-order valence-corrected chi connectivity index (χ1v) is 4.87. The lowest BCUT2D eigenvalue weighted by Crippen LogP contribution is -2.23. The van der Waals surface area contributed by atoms with Crippen LogP contribution >= 0.6 is 0 Å². The molecule has 1 aliphatic rings. The van der Waals surface area contributed by atoms with Crippen LogP contribution in [0.4, 0.5) is 0 Å². The molecule has 3 heteroatoms. The van der Waals surface area contributed by atoms with Crippen molar-refractivity contribution < 1.29 is 4.79 Å². The number of Topliss-reactive ketones (excluding diaryl/α,β-unsaturated/α-hetero) is 1. The van der Waals surface area contributed by atoms with Crippen LogP contribution in [-0.2, 0) is 11.3 Å². The van der Waals surface area contributed by atoms with Crippen LogP contribution in [0.15, 0.2) is 24.3 Å². The minimum atomic E-state index is -0.130. The monoisotopic (exact) mass is 190 g/mol. The normalized spacial score (nSPS) is 19.4. The van der Waals surface area contributed by atoms with Crippen molar-refractivity contribution >= 4 is 5.78 Å². The lowest BCUT2D eigenvalue weighted by Gasteiger charge is -2.09. The maximum atomic E-state index is 11.7. The van der Waals surface area contributed by atoms with E-state index in [0.717, 1.165) is 12.1 Å². The Kier molecular flexibility index (Phi) is 2.61. The minimum absolute atomic E-state index is 0.130. The number of hydrogen-bond donors (Lipinski definition) is 2. The number of rotatable bonds is 3. The van der Waals surface area contributed by atoms with Crippen LogP contribution in [0.25, 0.3) is 0 Å². The Bertz CT molecular complexity index is 349. The van der Waals surface area contributed by atoms with Gasteiger partial charge >= 0.3 is 0 Å². The fourth-order valence-corrected chi connectivity index (χ4v) is 1.87. The predicted octanol–water partition coefficient (Wildman–Crippen LogP) is 0.749. The highest BCUT2D eigenvalue weighted by Crippen LogP contribution is 2.25. The quantitative estimate of drug-likeness (QED) is 0.739. The van der Waals surface area contributed by atoms with E-state index in [2.05, 4.69) is 11.4 Å². The molecule has 0 radical (unpaired) electrons. The van der Waals surface area contributed by atoms with Crippen LogP contribution in [-0.4, -0.2) is 12.3 Å². The van der Waals surface area contributed by atoms with Crippen molar-refractivity contribution in [1.29, 1.82) is 0 Å². The van der Waals surface area contributed by atoms with Crippen LogP contribution in [0.5, 0.6) is 0 Å². The Morgan fingerprint density at radius 1 is 1.50 bits per heavy atom. The van der Waals surface area contributed by atoms with Gasteiger partial charge < -0.3 is 5.73 Å². The third kappa shape index (κ3) is 1.56. The highest BCUT2D eigenvalue weighted by atomic mass is 16.1. The molecule has 1 unspecified atom stereocenters. The summed E-state index contributed by atoms with van der Waals surface area (Å²) >= 11 is 0. The fourth-order valence-electron chi connectivity index (χ4n) is 1.87. The molecule has 0 amide bonds. The molecule has 0 bridgehead atoms. The molecule has 3 nitrogen and oxygen atoms in total. The SMILES string of the molecule is NCCC(=O)C1NCc2ccccc21. The van der Waals surface area contributed by atoms with Crippen molar-refractivity contribution in [3.05, 3.63) is 35.4 Å². The Morgan fingerprint density at radius 3 is 3.07 bits per heavy atom. The second-order valence-electron chi connectivity index (χ2n) is 3.52. The number of carbonyl (C=O) groups excluding carboxylic acids is 1. The summed E-state index contributed by atoms with van der Waals surface area (Å²) in [5.41, 5.74) is 7.71. The van der Waals surface area contributed by atoms with Crippen molar-refractivity contribution in [2.75, 3.05) is 6.54 Å². The number of fused-ring (bicyclic) bond motifs is 1. The van der Waals surface area contributed by atoms with Crippen molar-refractivity contribution in [3.63, 3.8) is 0 Å². The molecule has 0 fully saturated rings. The molecule has 0 aliphatic carbocycles. The van der Waals surface area contributed by atoms with Gasteiger partial charge in [-0.3, -0.25) is 10.1 Å². The second kappa shape index (κ2) is 3.90. The van der Waals surface area contributed by atoms with Gasteiger partial charge in [-0.1, -0.05) is 24.3 Å². The average Bonchev–Trinajstić information content (AvgIpc) is 2.61. The van der Waals surface area contributed by atoms with Gasteiger partial charge in [-0.05, 0) is 17.7 Å². The Labute approximate surface area is 83.3 Å². The maximum absolute atomic E-state index is 11.7. The van der Waals surface area contributed by atoms with E-state index in [1.54, 1.807) is 0 Å². The number of hydrogen-bond acceptors (Lipinski definition) is 3. The summed E-state index contributed by atoms with van der Waals surface area (Å²) in [7, 11) is 0. The van der Waals surface area contributed by atoms with Gasteiger partial charge in [0.15, 0.2) is 5.78 Å². The number of ketones is 1. The number of nitrogens with two attached hydrogens (primary N) is 1. The molecule has 1 aliphatic heterocycles. The summed E-state index contributed by atoms with van der Waals surface area (Å²) in [4.78, 5) is 11.7. The zero-order valence-corrected chi connectivity index (χ0v) is 7.99. The summed E-state index contributed by atoms with van der Waals surface area (Å²) in [6, 6.07) is 7.90. The first kappa shape index (κ1) is 9.37. The van der Waals surface area contributed by atoms with Crippen molar-refractivity contribution in [2.45, 2.75) is 19.0 Å². The largest absolute Gasteiger partial charge is 0.330 e. The Balaban J connectivity index is 2.21. The van der Waals surface area contributed by atoms with Crippen molar-refractivity contribution in [1.82, 2.24) is 5.32 Å². The zero-order valence-electron chi connectivity index (χ0n) is 7.99. The molecule has 0 aromatic heterocycles. The van der Waals surface area contributed by atoms with Crippen LogP contribution in [0, 0.1) is 0 Å². The summed E-state index contributed by atoms with van der Waals surface area (Å²) < 4.78 is 0. The molecule has 0 saturated heterocycles. The Hall–Kier alpha value is -1.19. The topological polar surface area (TPSA) is 55.1 Å². The lowest BCUT2D eigenvalue weighted by atomic mass is 10.0. The highest BCUT2D eigenvalue weighted by Gasteiger charge is 2.26. The molecule has 3 N–H and O–H groups in total. The van der Waals surface area contributed by atoms with Crippen LogP contribution < -0.4 is 11.1 Å².